The van der Waals surface area contributed by atoms with Crippen LogP contribution in [0.25, 0.3) is 10.8 Å². The Labute approximate surface area is 112 Å². The first-order valence-corrected chi connectivity index (χ1v) is 6.21. The second-order valence-electron chi connectivity index (χ2n) is 4.10. The lowest BCUT2D eigenvalue weighted by atomic mass is 10.0. The van der Waals surface area contributed by atoms with Crippen LogP contribution in [0.2, 0.25) is 0 Å². The Morgan fingerprint density at radius 2 is 2.06 bits per heavy atom. The molecule has 0 aromatic heterocycles. The van der Waals surface area contributed by atoms with Crippen LogP contribution in [-0.2, 0) is 6.54 Å². The number of benzene rings is 2. The van der Waals surface area contributed by atoms with Crippen molar-refractivity contribution in [3.05, 3.63) is 53.6 Å². The number of rotatable bonds is 5. The van der Waals surface area contributed by atoms with Crippen molar-refractivity contribution in [2.75, 3.05) is 13.7 Å². The largest absolute Gasteiger partial charge is 0.488 e. The number of halogens is 1. The maximum absolute atomic E-state index is 5.74. The summed E-state index contributed by atoms with van der Waals surface area (Å²) in [4.78, 5) is 0. The van der Waals surface area contributed by atoms with E-state index >= 15 is 0 Å². The molecule has 0 spiro atoms. The van der Waals surface area contributed by atoms with Gasteiger partial charge in [0.05, 0.1) is 0 Å². The lowest BCUT2D eigenvalue weighted by molar-refractivity contribution is 0.355. The van der Waals surface area contributed by atoms with Gasteiger partial charge in [0, 0.05) is 17.1 Å². The lowest BCUT2D eigenvalue weighted by Gasteiger charge is -2.13. The Kier molecular flexibility index (Phi) is 4.24. The predicted molar refractivity (Wildman–Crippen MR) is 77.2 cm³/mol. The Morgan fingerprint density at radius 1 is 1.28 bits per heavy atom. The van der Waals surface area contributed by atoms with E-state index in [2.05, 4.69) is 30.1 Å². The number of fused-ring (bicyclic) bond motifs is 1. The summed E-state index contributed by atoms with van der Waals surface area (Å²) in [6.45, 7) is 4.72. The highest BCUT2D eigenvalue weighted by Crippen LogP contribution is 2.28. The molecule has 0 atom stereocenters. The quantitative estimate of drug-likeness (QED) is 0.886. The lowest BCUT2D eigenvalue weighted by Crippen LogP contribution is -2.08. The predicted octanol–water partition coefficient (Wildman–Crippen LogP) is 3.69. The van der Waals surface area contributed by atoms with Crippen molar-refractivity contribution >= 4 is 22.4 Å². The number of hydrogen-bond donors (Lipinski definition) is 1. The van der Waals surface area contributed by atoms with Gasteiger partial charge in [-0.3, -0.25) is 0 Å². The van der Waals surface area contributed by atoms with Gasteiger partial charge in [-0.25, -0.2) is 0 Å². The second-order valence-corrected chi connectivity index (χ2v) is 4.63. The molecule has 2 aromatic rings. The molecule has 2 rings (SSSR count). The molecule has 1 N–H and O–H groups in total. The van der Waals surface area contributed by atoms with E-state index in [0.717, 1.165) is 17.9 Å². The van der Waals surface area contributed by atoms with E-state index in [-0.39, 0.29) is 0 Å². The van der Waals surface area contributed by atoms with Crippen LogP contribution in [0.4, 0.5) is 0 Å². The normalized spacial score (nSPS) is 10.6. The van der Waals surface area contributed by atoms with E-state index in [9.17, 15) is 0 Å². The SMILES string of the molecule is C=C(Cl)COc1ccc2ccccc2c1CNC. The summed E-state index contributed by atoms with van der Waals surface area (Å²) in [6.07, 6.45) is 0. The third-order valence-electron chi connectivity index (χ3n) is 2.74. The number of hydrogen-bond acceptors (Lipinski definition) is 2. The van der Waals surface area contributed by atoms with Crippen LogP contribution >= 0.6 is 11.6 Å². The van der Waals surface area contributed by atoms with E-state index in [1.807, 2.05) is 25.2 Å². The first-order chi connectivity index (χ1) is 8.72. The Bertz CT molecular complexity index is 565. The summed E-state index contributed by atoms with van der Waals surface area (Å²) in [5.41, 5.74) is 1.15. The molecule has 0 unspecified atom stereocenters. The van der Waals surface area contributed by atoms with Gasteiger partial charge in [0.1, 0.15) is 12.4 Å². The van der Waals surface area contributed by atoms with E-state index in [4.69, 9.17) is 16.3 Å². The maximum Gasteiger partial charge on any atom is 0.124 e. The monoisotopic (exact) mass is 261 g/mol. The highest BCUT2D eigenvalue weighted by Gasteiger charge is 2.08. The average molecular weight is 262 g/mol. The van der Waals surface area contributed by atoms with Crippen molar-refractivity contribution in [2.45, 2.75) is 6.54 Å². The van der Waals surface area contributed by atoms with Crippen LogP contribution < -0.4 is 10.1 Å². The van der Waals surface area contributed by atoms with Crippen molar-refractivity contribution < 1.29 is 4.74 Å². The first kappa shape index (κ1) is 12.9. The van der Waals surface area contributed by atoms with Crippen molar-refractivity contribution in [3.8, 4) is 5.75 Å². The minimum atomic E-state index is 0.330. The van der Waals surface area contributed by atoms with E-state index < -0.39 is 0 Å². The average Bonchev–Trinajstić information content (AvgIpc) is 2.38. The van der Waals surface area contributed by atoms with Crippen LogP contribution in [0.15, 0.2) is 48.0 Å². The molecular formula is C15H16ClNO. The van der Waals surface area contributed by atoms with Gasteiger partial charge in [-0.1, -0.05) is 48.5 Å². The molecule has 0 saturated heterocycles. The molecular weight excluding hydrogens is 246 g/mol. The van der Waals surface area contributed by atoms with Crippen molar-refractivity contribution in [3.63, 3.8) is 0 Å². The van der Waals surface area contributed by atoms with Gasteiger partial charge < -0.3 is 10.1 Å². The van der Waals surface area contributed by atoms with Crippen molar-refractivity contribution in [1.82, 2.24) is 5.32 Å². The van der Waals surface area contributed by atoms with Gasteiger partial charge in [0.15, 0.2) is 0 Å². The molecule has 18 heavy (non-hydrogen) atoms. The van der Waals surface area contributed by atoms with Crippen LogP contribution in [-0.4, -0.2) is 13.7 Å². The smallest absolute Gasteiger partial charge is 0.124 e. The summed E-state index contributed by atoms with van der Waals surface area (Å²) in [7, 11) is 1.92. The minimum absolute atomic E-state index is 0.330. The van der Waals surface area contributed by atoms with Gasteiger partial charge in [0.25, 0.3) is 0 Å². The third-order valence-corrected chi connectivity index (χ3v) is 2.84. The highest BCUT2D eigenvalue weighted by atomic mass is 35.5. The standard InChI is InChI=1S/C15H16ClNO/c1-11(16)10-18-15-8-7-12-5-3-4-6-13(12)14(15)9-17-2/h3-8,17H,1,9-10H2,2H3. The van der Waals surface area contributed by atoms with Gasteiger partial charge in [-0.2, -0.15) is 0 Å². The molecule has 3 heteroatoms. The molecule has 0 radical (unpaired) electrons. The van der Waals surface area contributed by atoms with Crippen LogP contribution in [0, 0.1) is 0 Å². The zero-order valence-corrected chi connectivity index (χ0v) is 11.1. The molecule has 0 aliphatic carbocycles. The van der Waals surface area contributed by atoms with Crippen LogP contribution in [0.1, 0.15) is 5.56 Å². The topological polar surface area (TPSA) is 21.3 Å². The van der Waals surface area contributed by atoms with Gasteiger partial charge in [-0.15, -0.1) is 0 Å². The fourth-order valence-electron chi connectivity index (χ4n) is 1.97. The summed E-state index contributed by atoms with van der Waals surface area (Å²) in [5, 5.41) is 6.07. The van der Waals surface area contributed by atoms with Crippen LogP contribution in [0.5, 0.6) is 5.75 Å². The van der Waals surface area contributed by atoms with Gasteiger partial charge in [-0.05, 0) is 23.9 Å². The Hall–Kier alpha value is -1.51. The molecule has 0 amide bonds. The molecule has 0 heterocycles. The second kappa shape index (κ2) is 5.89. The fourth-order valence-corrected chi connectivity index (χ4v) is 2.02. The molecule has 2 nitrogen and oxygen atoms in total. The van der Waals surface area contributed by atoms with E-state index in [0.29, 0.717) is 11.6 Å². The van der Waals surface area contributed by atoms with Crippen molar-refractivity contribution in [1.29, 1.82) is 0 Å². The summed E-state index contributed by atoms with van der Waals surface area (Å²) >= 11 is 5.74. The zero-order valence-electron chi connectivity index (χ0n) is 10.4. The molecule has 0 aliphatic heterocycles. The summed E-state index contributed by atoms with van der Waals surface area (Å²) in [5.74, 6) is 0.852. The molecule has 0 saturated carbocycles. The molecule has 0 bridgehead atoms. The number of nitrogens with one attached hydrogen (secondary N) is 1. The summed E-state index contributed by atoms with van der Waals surface area (Å²) < 4.78 is 5.69. The minimum Gasteiger partial charge on any atom is -0.488 e. The maximum atomic E-state index is 5.74. The molecule has 0 fully saturated rings. The third kappa shape index (κ3) is 2.84. The molecule has 94 valence electrons. The fraction of sp³-hybridized carbons (Fsp3) is 0.200. The van der Waals surface area contributed by atoms with Crippen LogP contribution in [0.3, 0.4) is 0 Å². The molecule has 0 aliphatic rings. The molecule has 2 aromatic carbocycles. The first-order valence-electron chi connectivity index (χ1n) is 5.83. The Morgan fingerprint density at radius 3 is 2.78 bits per heavy atom. The van der Waals surface area contributed by atoms with Gasteiger partial charge in [0.2, 0.25) is 0 Å². The number of ether oxygens (including phenoxy) is 1. The van der Waals surface area contributed by atoms with E-state index in [1.54, 1.807) is 0 Å². The van der Waals surface area contributed by atoms with Crippen molar-refractivity contribution in [2.24, 2.45) is 0 Å². The summed E-state index contributed by atoms with van der Waals surface area (Å²) in [6, 6.07) is 12.3. The van der Waals surface area contributed by atoms with E-state index in [1.165, 1.54) is 10.8 Å². The zero-order chi connectivity index (χ0) is 13.0. The highest BCUT2D eigenvalue weighted by molar-refractivity contribution is 6.29. The Balaban J connectivity index is 2.44. The van der Waals surface area contributed by atoms with Gasteiger partial charge >= 0.3 is 0 Å².